The molecule has 64 valence electrons. The fraction of sp³-hybridized carbons (Fsp3) is 0.500. The second kappa shape index (κ2) is 7.42. The van der Waals surface area contributed by atoms with Crippen molar-refractivity contribution in [2.75, 3.05) is 0 Å². The van der Waals surface area contributed by atoms with Crippen molar-refractivity contribution in [2.24, 2.45) is 5.73 Å². The van der Waals surface area contributed by atoms with E-state index in [9.17, 15) is 14.4 Å². The third-order valence-electron chi connectivity index (χ3n) is 0.922. The van der Waals surface area contributed by atoms with Crippen LogP contribution >= 0.6 is 0 Å². The summed E-state index contributed by atoms with van der Waals surface area (Å²) < 4.78 is 4.12. The summed E-state index contributed by atoms with van der Waals surface area (Å²) >= 11 is 0. The zero-order chi connectivity index (χ0) is 8.85. The number of carbonyl (C=O) groups is 3. The van der Waals surface area contributed by atoms with Gasteiger partial charge < -0.3 is 15.3 Å². The van der Waals surface area contributed by atoms with Crippen LogP contribution < -0.4 is 5.73 Å². The fourth-order valence-electron chi connectivity index (χ4n) is 0.308. The summed E-state index contributed by atoms with van der Waals surface area (Å²) in [5.41, 5.74) is 4.92. The van der Waals surface area contributed by atoms with Gasteiger partial charge in [0.25, 0.3) is 0 Å². The van der Waals surface area contributed by atoms with Crippen LogP contribution in [0.5, 0.6) is 0 Å². The minimum atomic E-state index is -1.36. The summed E-state index contributed by atoms with van der Waals surface area (Å²) in [7, 11) is 0. The van der Waals surface area contributed by atoms with Gasteiger partial charge in [-0.15, -0.1) is 0 Å². The van der Waals surface area contributed by atoms with Gasteiger partial charge in [0.15, 0.2) is 6.04 Å². The molecule has 6 heteroatoms. The van der Waals surface area contributed by atoms with Crippen molar-refractivity contribution in [3.05, 3.63) is 0 Å². The summed E-state index contributed by atoms with van der Waals surface area (Å²) in [4.78, 5) is 30.9. The molecule has 0 rings (SSSR count). The Morgan fingerprint density at radius 2 is 2.08 bits per heavy atom. The fourth-order valence-corrected chi connectivity index (χ4v) is 0.308. The van der Waals surface area contributed by atoms with Gasteiger partial charge in [0, 0.05) is 6.42 Å². The predicted molar refractivity (Wildman–Crippen MR) is 42.6 cm³/mol. The minimum absolute atomic E-state index is 0. The molecule has 0 heterocycles. The normalized spacial score (nSPS) is 10.8. The Morgan fingerprint density at radius 1 is 1.58 bits per heavy atom. The number of rotatable bonds is 3. The maximum atomic E-state index is 10.5. The molecule has 0 spiro atoms. The van der Waals surface area contributed by atoms with E-state index in [0.29, 0.717) is 0 Å². The first kappa shape index (κ1) is 14.3. The number of hydrogen-bond donors (Lipinski definition) is 1. The van der Waals surface area contributed by atoms with Crippen molar-refractivity contribution < 1.29 is 19.1 Å². The molecular weight excluding hydrogens is 173 g/mol. The third kappa shape index (κ3) is 5.42. The van der Waals surface area contributed by atoms with E-state index >= 15 is 0 Å². The summed E-state index contributed by atoms with van der Waals surface area (Å²) in [5.74, 6) is -1.70. The third-order valence-corrected chi connectivity index (χ3v) is 0.922. The van der Waals surface area contributed by atoms with Crippen LogP contribution in [0.1, 0.15) is 13.3 Å². The van der Waals surface area contributed by atoms with Crippen molar-refractivity contribution >= 4 is 47.8 Å². The van der Waals surface area contributed by atoms with Crippen LogP contribution in [0, 0.1) is 0 Å². The van der Waals surface area contributed by atoms with Gasteiger partial charge in [-0.05, 0) is 0 Å². The van der Waals surface area contributed by atoms with E-state index in [1.807, 2.05) is 0 Å². The zero-order valence-electron chi connectivity index (χ0n) is 6.07. The second-order valence-electron chi connectivity index (χ2n) is 1.81. The molecule has 0 aromatic carbocycles. The number of hydrogen-bond acceptors (Lipinski definition) is 5. The zero-order valence-corrected chi connectivity index (χ0v) is 6.07. The van der Waals surface area contributed by atoms with Crippen LogP contribution in [0.2, 0.25) is 0 Å². The van der Waals surface area contributed by atoms with Crippen LogP contribution in [0.3, 0.4) is 0 Å². The Kier molecular flexibility index (Phi) is 8.84. The molecule has 0 fully saturated rings. The van der Waals surface area contributed by atoms with Gasteiger partial charge >= 0.3 is 41.5 Å². The van der Waals surface area contributed by atoms with Gasteiger partial charge in [-0.3, -0.25) is 4.79 Å². The van der Waals surface area contributed by atoms with Gasteiger partial charge in [0.1, 0.15) is 6.29 Å². The van der Waals surface area contributed by atoms with Crippen molar-refractivity contribution in [3.8, 4) is 0 Å². The van der Waals surface area contributed by atoms with E-state index in [1.54, 1.807) is 0 Å². The Balaban J connectivity index is 0. The second-order valence-corrected chi connectivity index (χ2v) is 1.81. The molecule has 0 aromatic heterocycles. The number of aldehydes is 1. The van der Waals surface area contributed by atoms with E-state index in [0.717, 1.165) is 0 Å². The van der Waals surface area contributed by atoms with E-state index in [4.69, 9.17) is 5.73 Å². The van der Waals surface area contributed by atoms with Crippen molar-refractivity contribution in [1.82, 2.24) is 0 Å². The molecule has 0 saturated heterocycles. The van der Waals surface area contributed by atoms with Gasteiger partial charge in [-0.1, -0.05) is 6.92 Å². The summed E-state index contributed by atoms with van der Waals surface area (Å²) in [6.45, 7) is 1.53. The molecule has 1 atom stereocenters. The van der Waals surface area contributed by atoms with Crippen molar-refractivity contribution in [3.63, 3.8) is 0 Å². The first-order valence-electron chi connectivity index (χ1n) is 3.07. The first-order valence-corrected chi connectivity index (χ1v) is 3.07. The standard InChI is InChI=1S/C6H9NO4.Na.H/c1-2-5(9)11-6(10)4(7)3-8;;/h3-4H,2,7H2,1H3;;. The SMILES string of the molecule is CCC(=O)OC(=O)C(N)C=O.[NaH]. The van der Waals surface area contributed by atoms with Crippen LogP contribution in [0.25, 0.3) is 0 Å². The van der Waals surface area contributed by atoms with E-state index in [2.05, 4.69) is 4.74 Å². The molecule has 12 heavy (non-hydrogen) atoms. The molecule has 2 N–H and O–H groups in total. The molecule has 0 aliphatic heterocycles. The number of nitrogens with two attached hydrogens (primary N) is 1. The molecule has 0 amide bonds. The molecule has 0 saturated carbocycles. The molecule has 1 unspecified atom stereocenters. The Morgan fingerprint density at radius 3 is 2.42 bits per heavy atom. The molecule has 0 aliphatic carbocycles. The number of esters is 2. The van der Waals surface area contributed by atoms with Crippen LogP contribution in [-0.2, 0) is 19.1 Å². The maximum absolute atomic E-state index is 10.5. The van der Waals surface area contributed by atoms with Gasteiger partial charge in [0.2, 0.25) is 0 Å². The van der Waals surface area contributed by atoms with E-state index in [-0.39, 0.29) is 42.3 Å². The average molecular weight is 183 g/mol. The quantitative estimate of drug-likeness (QED) is 0.245. The Bertz CT molecular complexity index is 182. The predicted octanol–water partition coefficient (Wildman–Crippen LogP) is -1.66. The van der Waals surface area contributed by atoms with Gasteiger partial charge in [-0.25, -0.2) is 4.79 Å². The van der Waals surface area contributed by atoms with Crippen LogP contribution in [0.4, 0.5) is 0 Å². The van der Waals surface area contributed by atoms with Gasteiger partial charge in [0.05, 0.1) is 0 Å². The topological polar surface area (TPSA) is 86.5 Å². The molecular formula is C6H10NNaO4. The van der Waals surface area contributed by atoms with E-state index in [1.165, 1.54) is 6.92 Å². The number of carbonyl (C=O) groups excluding carboxylic acids is 3. The summed E-state index contributed by atoms with van der Waals surface area (Å²) in [6, 6.07) is -1.36. The Hall–Kier alpha value is -0.230. The van der Waals surface area contributed by atoms with Crippen LogP contribution in [0.15, 0.2) is 0 Å². The molecule has 0 aliphatic rings. The number of ether oxygens (including phenoxy) is 1. The van der Waals surface area contributed by atoms with E-state index < -0.39 is 18.0 Å². The summed E-state index contributed by atoms with van der Waals surface area (Å²) in [6.07, 6.45) is 0.294. The molecule has 0 radical (unpaired) electrons. The van der Waals surface area contributed by atoms with Crippen molar-refractivity contribution in [2.45, 2.75) is 19.4 Å². The molecule has 5 nitrogen and oxygen atoms in total. The Labute approximate surface area is 91.9 Å². The molecule has 0 aromatic rings. The average Bonchev–Trinajstić information content (AvgIpc) is 2.02. The van der Waals surface area contributed by atoms with Gasteiger partial charge in [-0.2, -0.15) is 0 Å². The summed E-state index contributed by atoms with van der Waals surface area (Å²) in [5, 5.41) is 0. The van der Waals surface area contributed by atoms with Crippen LogP contribution in [-0.4, -0.2) is 53.8 Å². The molecule has 0 bridgehead atoms. The van der Waals surface area contributed by atoms with Crippen molar-refractivity contribution in [1.29, 1.82) is 0 Å². The first-order chi connectivity index (χ1) is 5.11. The monoisotopic (exact) mass is 183 g/mol.